The summed E-state index contributed by atoms with van der Waals surface area (Å²) in [6.07, 6.45) is 10.6. The van der Waals surface area contributed by atoms with Gasteiger partial charge < -0.3 is 0 Å². The van der Waals surface area contributed by atoms with Gasteiger partial charge in [0.25, 0.3) is 0 Å². The molecule has 2 saturated heterocycles. The molecule has 3 rings (SSSR count). The Hall–Kier alpha value is -0.0400. The van der Waals surface area contributed by atoms with Gasteiger partial charge in [-0.15, -0.1) is 0 Å². The van der Waals surface area contributed by atoms with Crippen LogP contribution >= 0.6 is 0 Å². The van der Waals surface area contributed by atoms with Gasteiger partial charge >= 0.3 is 0 Å². The highest BCUT2D eigenvalue weighted by Gasteiger charge is 2.42. The molecule has 0 radical (unpaired) electrons. The number of rotatable bonds is 0. The van der Waals surface area contributed by atoms with Crippen LogP contribution in [0.15, 0.2) is 0 Å². The molecule has 2 aliphatic heterocycles. The van der Waals surface area contributed by atoms with Crippen molar-refractivity contribution in [2.45, 2.75) is 51.0 Å². The average molecular weight is 179 g/mol. The van der Waals surface area contributed by atoms with E-state index in [-0.39, 0.29) is 0 Å². The highest BCUT2D eigenvalue weighted by Crippen LogP contribution is 2.43. The van der Waals surface area contributed by atoms with Crippen LogP contribution in [-0.4, -0.2) is 24.0 Å². The summed E-state index contributed by atoms with van der Waals surface area (Å²) in [7, 11) is 0. The minimum atomic E-state index is 1.01. The van der Waals surface area contributed by atoms with Crippen LogP contribution in [0.5, 0.6) is 0 Å². The zero-order chi connectivity index (χ0) is 8.67. The molecule has 3 aliphatic rings. The Balaban J connectivity index is 1.76. The summed E-state index contributed by atoms with van der Waals surface area (Å²) in [5, 5.41) is 0. The van der Waals surface area contributed by atoms with Crippen molar-refractivity contribution in [2.24, 2.45) is 11.8 Å². The maximum absolute atomic E-state index is 2.81. The molecule has 3 unspecified atom stereocenters. The highest BCUT2D eigenvalue weighted by atomic mass is 15.2. The summed E-state index contributed by atoms with van der Waals surface area (Å²) < 4.78 is 0. The zero-order valence-corrected chi connectivity index (χ0v) is 8.54. The Kier molecular flexibility index (Phi) is 2.08. The Morgan fingerprint density at radius 3 is 2.69 bits per heavy atom. The summed E-state index contributed by atoms with van der Waals surface area (Å²) in [5.41, 5.74) is 0. The van der Waals surface area contributed by atoms with Crippen molar-refractivity contribution in [2.75, 3.05) is 13.1 Å². The SMILES string of the molecule is C1CCC2C(C1)CN1CCCCC21. The maximum atomic E-state index is 2.81. The first kappa shape index (κ1) is 8.28. The third kappa shape index (κ3) is 1.32. The van der Waals surface area contributed by atoms with E-state index in [9.17, 15) is 0 Å². The minimum absolute atomic E-state index is 1.01. The topological polar surface area (TPSA) is 3.24 Å². The van der Waals surface area contributed by atoms with E-state index in [2.05, 4.69) is 4.90 Å². The Morgan fingerprint density at radius 1 is 0.846 bits per heavy atom. The Morgan fingerprint density at radius 2 is 1.69 bits per heavy atom. The summed E-state index contributed by atoms with van der Waals surface area (Å²) in [6, 6.07) is 1.01. The van der Waals surface area contributed by atoms with Gasteiger partial charge in [0.05, 0.1) is 0 Å². The molecule has 1 aliphatic carbocycles. The molecule has 3 atom stereocenters. The maximum Gasteiger partial charge on any atom is 0.0127 e. The molecule has 74 valence electrons. The molecule has 0 N–H and O–H groups in total. The summed E-state index contributed by atoms with van der Waals surface area (Å²) in [6.45, 7) is 2.87. The van der Waals surface area contributed by atoms with Crippen molar-refractivity contribution in [3.63, 3.8) is 0 Å². The van der Waals surface area contributed by atoms with E-state index in [0.717, 1.165) is 17.9 Å². The number of hydrogen-bond donors (Lipinski definition) is 0. The fourth-order valence-electron chi connectivity index (χ4n) is 4.00. The van der Waals surface area contributed by atoms with Crippen molar-refractivity contribution in [3.8, 4) is 0 Å². The second kappa shape index (κ2) is 3.27. The van der Waals surface area contributed by atoms with Crippen molar-refractivity contribution in [1.82, 2.24) is 4.90 Å². The molecule has 0 aromatic carbocycles. The molecular weight excluding hydrogens is 158 g/mol. The second-order valence-electron chi connectivity index (χ2n) is 5.27. The van der Waals surface area contributed by atoms with Crippen LogP contribution in [0.1, 0.15) is 44.9 Å². The molecular formula is C12H21N. The quantitative estimate of drug-likeness (QED) is 0.552. The standard InChI is InChI=1S/C12H21N/c1-2-6-11-10(5-1)9-13-8-4-3-7-12(11)13/h10-12H,1-9H2. The smallest absolute Gasteiger partial charge is 0.0127 e. The third-order valence-corrected chi connectivity index (χ3v) is 4.60. The molecule has 0 aromatic rings. The number of fused-ring (bicyclic) bond motifs is 3. The van der Waals surface area contributed by atoms with Crippen LogP contribution in [0.25, 0.3) is 0 Å². The lowest BCUT2D eigenvalue weighted by Crippen LogP contribution is -2.37. The molecule has 1 nitrogen and oxygen atoms in total. The van der Waals surface area contributed by atoms with Crippen LogP contribution < -0.4 is 0 Å². The molecule has 0 amide bonds. The molecule has 1 heteroatoms. The van der Waals surface area contributed by atoms with Crippen molar-refractivity contribution >= 4 is 0 Å². The van der Waals surface area contributed by atoms with Gasteiger partial charge in [-0.05, 0) is 44.1 Å². The molecule has 2 heterocycles. The van der Waals surface area contributed by atoms with E-state index in [1.54, 1.807) is 6.42 Å². The fraction of sp³-hybridized carbons (Fsp3) is 1.00. The van der Waals surface area contributed by atoms with E-state index >= 15 is 0 Å². The van der Waals surface area contributed by atoms with Crippen LogP contribution in [-0.2, 0) is 0 Å². The summed E-state index contributed by atoms with van der Waals surface area (Å²) >= 11 is 0. The first-order valence-electron chi connectivity index (χ1n) is 6.19. The first-order chi connectivity index (χ1) is 6.45. The molecule has 3 fully saturated rings. The summed E-state index contributed by atoms with van der Waals surface area (Å²) in [5.74, 6) is 2.20. The molecule has 1 saturated carbocycles. The van der Waals surface area contributed by atoms with Crippen LogP contribution in [0, 0.1) is 11.8 Å². The molecule has 13 heavy (non-hydrogen) atoms. The molecule has 0 aromatic heterocycles. The van der Waals surface area contributed by atoms with Gasteiger partial charge in [0, 0.05) is 12.6 Å². The van der Waals surface area contributed by atoms with Crippen LogP contribution in [0.3, 0.4) is 0 Å². The molecule has 0 spiro atoms. The number of nitrogens with zero attached hydrogens (tertiary/aromatic N) is 1. The largest absolute Gasteiger partial charge is 0.300 e. The lowest BCUT2D eigenvalue weighted by atomic mass is 9.77. The Bertz CT molecular complexity index is 170. The van der Waals surface area contributed by atoms with E-state index in [1.807, 2.05) is 0 Å². The molecule has 0 bridgehead atoms. The first-order valence-corrected chi connectivity index (χ1v) is 6.19. The van der Waals surface area contributed by atoms with E-state index in [4.69, 9.17) is 0 Å². The van der Waals surface area contributed by atoms with E-state index < -0.39 is 0 Å². The normalized spacial score (nSPS) is 45.7. The monoisotopic (exact) mass is 179 g/mol. The van der Waals surface area contributed by atoms with Crippen LogP contribution in [0.2, 0.25) is 0 Å². The third-order valence-electron chi connectivity index (χ3n) is 4.60. The van der Waals surface area contributed by atoms with Crippen molar-refractivity contribution < 1.29 is 0 Å². The number of hydrogen-bond acceptors (Lipinski definition) is 1. The van der Waals surface area contributed by atoms with Gasteiger partial charge in [-0.25, -0.2) is 0 Å². The van der Waals surface area contributed by atoms with Gasteiger partial charge in [0.1, 0.15) is 0 Å². The van der Waals surface area contributed by atoms with Gasteiger partial charge in [-0.3, -0.25) is 4.90 Å². The van der Waals surface area contributed by atoms with Crippen molar-refractivity contribution in [1.29, 1.82) is 0 Å². The fourth-order valence-corrected chi connectivity index (χ4v) is 4.00. The zero-order valence-electron chi connectivity index (χ0n) is 8.54. The second-order valence-corrected chi connectivity index (χ2v) is 5.27. The van der Waals surface area contributed by atoms with Gasteiger partial charge in [-0.2, -0.15) is 0 Å². The van der Waals surface area contributed by atoms with E-state index in [1.165, 1.54) is 51.6 Å². The predicted molar refractivity (Wildman–Crippen MR) is 54.7 cm³/mol. The lowest BCUT2D eigenvalue weighted by Gasteiger charge is -2.33. The average Bonchev–Trinajstić information content (AvgIpc) is 2.56. The van der Waals surface area contributed by atoms with Gasteiger partial charge in [-0.1, -0.05) is 19.3 Å². The number of piperidine rings is 1. The van der Waals surface area contributed by atoms with Crippen molar-refractivity contribution in [3.05, 3.63) is 0 Å². The minimum Gasteiger partial charge on any atom is -0.300 e. The summed E-state index contributed by atoms with van der Waals surface area (Å²) in [4.78, 5) is 2.81. The Labute approximate surface area is 81.5 Å². The van der Waals surface area contributed by atoms with Gasteiger partial charge in [0.2, 0.25) is 0 Å². The predicted octanol–water partition coefficient (Wildman–Crippen LogP) is 2.66. The van der Waals surface area contributed by atoms with Gasteiger partial charge in [0.15, 0.2) is 0 Å². The van der Waals surface area contributed by atoms with Crippen LogP contribution in [0.4, 0.5) is 0 Å². The van der Waals surface area contributed by atoms with E-state index in [0.29, 0.717) is 0 Å². The highest BCUT2D eigenvalue weighted by molar-refractivity contribution is 4.96. The lowest BCUT2D eigenvalue weighted by molar-refractivity contribution is 0.163.